The van der Waals surface area contributed by atoms with Gasteiger partial charge in [0.2, 0.25) is 11.8 Å². The van der Waals surface area contributed by atoms with E-state index < -0.39 is 0 Å². The van der Waals surface area contributed by atoms with Gasteiger partial charge in [0.25, 0.3) is 0 Å². The topological polar surface area (TPSA) is 40.6 Å². The van der Waals surface area contributed by atoms with Crippen LogP contribution in [0.1, 0.15) is 18.4 Å². The summed E-state index contributed by atoms with van der Waals surface area (Å²) in [6.45, 7) is 2.76. The zero-order valence-electron chi connectivity index (χ0n) is 13.0. The van der Waals surface area contributed by atoms with Crippen molar-refractivity contribution in [1.29, 1.82) is 0 Å². The quantitative estimate of drug-likeness (QED) is 0.839. The van der Waals surface area contributed by atoms with Gasteiger partial charge in [-0.3, -0.25) is 9.59 Å². The lowest BCUT2D eigenvalue weighted by Gasteiger charge is -2.36. The predicted octanol–water partition coefficient (Wildman–Crippen LogP) is 2.65. The summed E-state index contributed by atoms with van der Waals surface area (Å²) in [5.41, 5.74) is 1.05. The maximum Gasteiger partial charge on any atom is 0.227 e. The van der Waals surface area contributed by atoms with E-state index in [-0.39, 0.29) is 17.7 Å². The van der Waals surface area contributed by atoms with Crippen molar-refractivity contribution in [3.05, 3.63) is 34.9 Å². The molecule has 0 bridgehead atoms. The Bertz CT molecular complexity index is 572. The molecule has 6 heteroatoms. The number of amides is 2. The first-order chi connectivity index (χ1) is 11.1. The Balaban J connectivity index is 1.63. The van der Waals surface area contributed by atoms with E-state index in [4.69, 9.17) is 11.6 Å². The van der Waals surface area contributed by atoms with Crippen molar-refractivity contribution < 1.29 is 9.59 Å². The van der Waals surface area contributed by atoms with Gasteiger partial charge in [-0.25, -0.2) is 0 Å². The van der Waals surface area contributed by atoms with Gasteiger partial charge in [0.05, 0.1) is 5.92 Å². The molecule has 0 aromatic heterocycles. The van der Waals surface area contributed by atoms with Crippen molar-refractivity contribution in [3.8, 4) is 0 Å². The molecule has 2 heterocycles. The van der Waals surface area contributed by atoms with Crippen LogP contribution >= 0.6 is 23.4 Å². The molecule has 2 saturated heterocycles. The van der Waals surface area contributed by atoms with Gasteiger partial charge in [-0.1, -0.05) is 23.7 Å². The Morgan fingerprint density at radius 1 is 1.22 bits per heavy atom. The highest BCUT2D eigenvalue weighted by Gasteiger charge is 2.33. The molecule has 0 unspecified atom stereocenters. The number of halogens is 1. The molecule has 0 radical (unpaired) electrons. The summed E-state index contributed by atoms with van der Waals surface area (Å²) in [5.74, 6) is 2.35. The number of piperidine rings is 1. The van der Waals surface area contributed by atoms with E-state index in [9.17, 15) is 9.59 Å². The molecule has 1 aromatic rings. The molecule has 0 N–H and O–H groups in total. The van der Waals surface area contributed by atoms with Crippen LogP contribution in [0.25, 0.3) is 0 Å². The molecule has 124 valence electrons. The van der Waals surface area contributed by atoms with E-state index in [1.165, 1.54) is 0 Å². The third-order valence-electron chi connectivity index (χ3n) is 4.46. The summed E-state index contributed by atoms with van der Waals surface area (Å²) in [6, 6.07) is 7.53. The van der Waals surface area contributed by atoms with E-state index in [0.717, 1.165) is 30.2 Å². The number of thioether (sulfide) groups is 1. The highest BCUT2D eigenvalue weighted by Crippen LogP contribution is 2.23. The SMILES string of the molecule is O=C1CC[C@H](C(=O)N2CCSCC2)CN1Cc1ccc(Cl)cc1. The number of hydrogen-bond donors (Lipinski definition) is 0. The highest BCUT2D eigenvalue weighted by atomic mass is 35.5. The van der Waals surface area contributed by atoms with Crippen molar-refractivity contribution in [1.82, 2.24) is 9.80 Å². The lowest BCUT2D eigenvalue weighted by atomic mass is 9.95. The first kappa shape index (κ1) is 16.7. The van der Waals surface area contributed by atoms with Crippen LogP contribution in [0.4, 0.5) is 0 Å². The molecule has 23 heavy (non-hydrogen) atoms. The Morgan fingerprint density at radius 2 is 1.91 bits per heavy atom. The second-order valence-electron chi connectivity index (χ2n) is 6.07. The van der Waals surface area contributed by atoms with E-state index in [1.807, 2.05) is 45.8 Å². The van der Waals surface area contributed by atoms with E-state index >= 15 is 0 Å². The largest absolute Gasteiger partial charge is 0.341 e. The molecule has 2 aliphatic heterocycles. The summed E-state index contributed by atoms with van der Waals surface area (Å²) in [5, 5.41) is 0.690. The smallest absolute Gasteiger partial charge is 0.227 e. The molecule has 1 aromatic carbocycles. The third-order valence-corrected chi connectivity index (χ3v) is 5.65. The van der Waals surface area contributed by atoms with Crippen molar-refractivity contribution >= 4 is 35.2 Å². The van der Waals surface area contributed by atoms with E-state index in [0.29, 0.717) is 31.0 Å². The van der Waals surface area contributed by atoms with Gasteiger partial charge in [0, 0.05) is 49.1 Å². The predicted molar refractivity (Wildman–Crippen MR) is 93.5 cm³/mol. The minimum absolute atomic E-state index is 0.0527. The van der Waals surface area contributed by atoms with Crippen LogP contribution in [0.2, 0.25) is 5.02 Å². The van der Waals surface area contributed by atoms with Crippen LogP contribution in [0, 0.1) is 5.92 Å². The van der Waals surface area contributed by atoms with Crippen molar-refractivity contribution in [2.45, 2.75) is 19.4 Å². The van der Waals surface area contributed by atoms with Gasteiger partial charge in [-0.2, -0.15) is 11.8 Å². The standard InChI is InChI=1S/C17H21ClN2O2S/c18-15-4-1-13(2-5-15)11-20-12-14(3-6-16(20)21)17(22)19-7-9-23-10-8-19/h1-2,4-5,14H,3,6-12H2/t14-/m0/s1. The minimum Gasteiger partial charge on any atom is -0.341 e. The fraction of sp³-hybridized carbons (Fsp3) is 0.529. The van der Waals surface area contributed by atoms with Crippen LogP contribution in [0.15, 0.2) is 24.3 Å². The van der Waals surface area contributed by atoms with E-state index in [1.54, 1.807) is 0 Å². The Morgan fingerprint density at radius 3 is 2.61 bits per heavy atom. The van der Waals surface area contributed by atoms with Crippen molar-refractivity contribution in [3.63, 3.8) is 0 Å². The number of rotatable bonds is 3. The fourth-order valence-corrected chi connectivity index (χ4v) is 4.15. The maximum absolute atomic E-state index is 12.7. The lowest BCUT2D eigenvalue weighted by Crippen LogP contribution is -2.48. The Kier molecular flexibility index (Phi) is 5.49. The second kappa shape index (κ2) is 7.58. The van der Waals surface area contributed by atoms with Crippen LogP contribution in [-0.4, -0.2) is 52.8 Å². The lowest BCUT2D eigenvalue weighted by molar-refractivity contribution is -0.143. The summed E-state index contributed by atoms with van der Waals surface area (Å²) in [7, 11) is 0. The first-order valence-electron chi connectivity index (χ1n) is 8.02. The van der Waals surface area contributed by atoms with Gasteiger partial charge >= 0.3 is 0 Å². The summed E-state index contributed by atoms with van der Waals surface area (Å²) < 4.78 is 0. The molecule has 4 nitrogen and oxygen atoms in total. The summed E-state index contributed by atoms with van der Waals surface area (Å²) >= 11 is 7.80. The second-order valence-corrected chi connectivity index (χ2v) is 7.74. The maximum atomic E-state index is 12.7. The Hall–Kier alpha value is -1.20. The average Bonchev–Trinajstić information content (AvgIpc) is 2.59. The van der Waals surface area contributed by atoms with Gasteiger partial charge in [0.1, 0.15) is 0 Å². The van der Waals surface area contributed by atoms with Crippen molar-refractivity contribution in [2.24, 2.45) is 5.92 Å². The average molecular weight is 353 g/mol. The number of likely N-dealkylation sites (tertiary alicyclic amines) is 1. The molecule has 2 amide bonds. The molecular weight excluding hydrogens is 332 g/mol. The monoisotopic (exact) mass is 352 g/mol. The molecular formula is C17H21ClN2O2S. The van der Waals surface area contributed by atoms with Crippen LogP contribution in [0.5, 0.6) is 0 Å². The molecule has 0 saturated carbocycles. The van der Waals surface area contributed by atoms with Gasteiger partial charge in [-0.05, 0) is 24.1 Å². The van der Waals surface area contributed by atoms with Gasteiger partial charge < -0.3 is 9.80 Å². The summed E-state index contributed by atoms with van der Waals surface area (Å²) in [4.78, 5) is 28.6. The first-order valence-corrected chi connectivity index (χ1v) is 9.55. The zero-order chi connectivity index (χ0) is 16.2. The Labute approximate surface area is 146 Å². The molecule has 2 fully saturated rings. The minimum atomic E-state index is -0.0527. The zero-order valence-corrected chi connectivity index (χ0v) is 14.6. The van der Waals surface area contributed by atoms with E-state index in [2.05, 4.69) is 0 Å². The van der Waals surface area contributed by atoms with Gasteiger partial charge in [-0.15, -0.1) is 0 Å². The molecule has 0 spiro atoms. The number of benzene rings is 1. The molecule has 0 aliphatic carbocycles. The molecule has 3 rings (SSSR count). The molecule has 1 atom stereocenters. The van der Waals surface area contributed by atoms with Crippen LogP contribution in [0.3, 0.4) is 0 Å². The third kappa shape index (κ3) is 4.21. The number of hydrogen-bond acceptors (Lipinski definition) is 3. The number of carbonyl (C=O) groups is 2. The van der Waals surface area contributed by atoms with Crippen LogP contribution < -0.4 is 0 Å². The highest BCUT2D eigenvalue weighted by molar-refractivity contribution is 7.99. The van der Waals surface area contributed by atoms with Crippen LogP contribution in [-0.2, 0) is 16.1 Å². The van der Waals surface area contributed by atoms with Gasteiger partial charge in [0.15, 0.2) is 0 Å². The fourth-order valence-electron chi connectivity index (χ4n) is 3.12. The molecule has 2 aliphatic rings. The number of carbonyl (C=O) groups excluding carboxylic acids is 2. The number of nitrogens with zero attached hydrogens (tertiary/aromatic N) is 2. The normalized spacial score (nSPS) is 22.3. The summed E-state index contributed by atoms with van der Waals surface area (Å²) in [6.07, 6.45) is 1.14. The van der Waals surface area contributed by atoms with Crippen molar-refractivity contribution in [2.75, 3.05) is 31.1 Å².